The summed E-state index contributed by atoms with van der Waals surface area (Å²) in [6, 6.07) is 3.62. The van der Waals surface area contributed by atoms with E-state index < -0.39 is 0 Å². The Kier molecular flexibility index (Phi) is 3.83. The SMILES string of the molecule is COC(=O)C1CCN(C(=O)c2ccn3cc(C)nc3c2)CC1. The topological polar surface area (TPSA) is 63.9 Å². The van der Waals surface area contributed by atoms with Crippen molar-refractivity contribution in [2.75, 3.05) is 20.2 Å². The Morgan fingerprint density at radius 1 is 1.32 bits per heavy atom. The number of hydrogen-bond acceptors (Lipinski definition) is 4. The van der Waals surface area contributed by atoms with E-state index in [0.717, 1.165) is 11.3 Å². The molecule has 0 spiro atoms. The molecule has 116 valence electrons. The van der Waals surface area contributed by atoms with Crippen molar-refractivity contribution in [3.63, 3.8) is 0 Å². The van der Waals surface area contributed by atoms with Gasteiger partial charge in [0.05, 0.1) is 18.7 Å². The zero-order valence-electron chi connectivity index (χ0n) is 12.8. The van der Waals surface area contributed by atoms with Crippen molar-refractivity contribution >= 4 is 17.5 Å². The van der Waals surface area contributed by atoms with Gasteiger partial charge in [-0.2, -0.15) is 0 Å². The number of rotatable bonds is 2. The average molecular weight is 301 g/mol. The molecule has 0 saturated carbocycles. The molecule has 3 heterocycles. The van der Waals surface area contributed by atoms with Crippen molar-refractivity contribution in [2.45, 2.75) is 19.8 Å². The molecule has 0 aliphatic carbocycles. The maximum atomic E-state index is 12.6. The van der Waals surface area contributed by atoms with Crippen LogP contribution in [0.1, 0.15) is 28.9 Å². The third-order valence-electron chi connectivity index (χ3n) is 4.14. The Morgan fingerprint density at radius 3 is 2.73 bits per heavy atom. The van der Waals surface area contributed by atoms with Gasteiger partial charge < -0.3 is 14.0 Å². The third-order valence-corrected chi connectivity index (χ3v) is 4.14. The monoisotopic (exact) mass is 301 g/mol. The lowest BCUT2D eigenvalue weighted by atomic mass is 9.96. The van der Waals surface area contributed by atoms with E-state index in [9.17, 15) is 9.59 Å². The predicted molar refractivity (Wildman–Crippen MR) is 80.6 cm³/mol. The first-order valence-corrected chi connectivity index (χ1v) is 7.41. The number of amides is 1. The predicted octanol–water partition coefficient (Wildman–Crippen LogP) is 1.67. The van der Waals surface area contributed by atoms with Crippen molar-refractivity contribution in [1.82, 2.24) is 14.3 Å². The van der Waals surface area contributed by atoms with Gasteiger partial charge >= 0.3 is 5.97 Å². The number of pyridine rings is 1. The second kappa shape index (κ2) is 5.79. The minimum absolute atomic E-state index is 0.00790. The number of methoxy groups -OCH3 is 1. The molecule has 6 nitrogen and oxygen atoms in total. The first-order valence-electron chi connectivity index (χ1n) is 7.41. The van der Waals surface area contributed by atoms with Crippen molar-refractivity contribution in [3.8, 4) is 0 Å². The van der Waals surface area contributed by atoms with Crippen LogP contribution in [0.4, 0.5) is 0 Å². The fourth-order valence-corrected chi connectivity index (χ4v) is 2.91. The summed E-state index contributed by atoms with van der Waals surface area (Å²) in [7, 11) is 1.40. The van der Waals surface area contributed by atoms with E-state index >= 15 is 0 Å². The molecule has 1 fully saturated rings. The van der Waals surface area contributed by atoms with Crippen LogP contribution in [0.25, 0.3) is 5.65 Å². The van der Waals surface area contributed by atoms with Crippen molar-refractivity contribution in [2.24, 2.45) is 5.92 Å². The Hall–Kier alpha value is -2.37. The molecule has 22 heavy (non-hydrogen) atoms. The fourth-order valence-electron chi connectivity index (χ4n) is 2.91. The lowest BCUT2D eigenvalue weighted by Gasteiger charge is -2.30. The number of esters is 1. The van der Waals surface area contributed by atoms with Gasteiger partial charge in [0, 0.05) is 31.0 Å². The lowest BCUT2D eigenvalue weighted by Crippen LogP contribution is -2.40. The molecule has 3 rings (SSSR count). The maximum Gasteiger partial charge on any atom is 0.308 e. The van der Waals surface area contributed by atoms with E-state index in [4.69, 9.17) is 4.74 Å². The van der Waals surface area contributed by atoms with E-state index in [1.165, 1.54) is 7.11 Å². The van der Waals surface area contributed by atoms with Gasteiger partial charge in [0.25, 0.3) is 5.91 Å². The molecular formula is C16H19N3O3. The third kappa shape index (κ3) is 2.68. The molecule has 2 aromatic rings. The fraction of sp³-hybridized carbons (Fsp3) is 0.438. The lowest BCUT2D eigenvalue weighted by molar-refractivity contribution is -0.146. The van der Waals surface area contributed by atoms with Crippen LogP contribution >= 0.6 is 0 Å². The summed E-state index contributed by atoms with van der Waals surface area (Å²) in [4.78, 5) is 30.3. The van der Waals surface area contributed by atoms with Gasteiger partial charge in [-0.05, 0) is 31.9 Å². The number of aryl methyl sites for hydroxylation is 1. The van der Waals surface area contributed by atoms with E-state index in [1.54, 1.807) is 4.90 Å². The molecule has 0 aromatic carbocycles. The van der Waals surface area contributed by atoms with Crippen LogP contribution < -0.4 is 0 Å². The van der Waals surface area contributed by atoms with Gasteiger partial charge in [0.15, 0.2) is 0 Å². The van der Waals surface area contributed by atoms with Gasteiger partial charge in [0.2, 0.25) is 0 Å². The molecule has 0 radical (unpaired) electrons. The van der Waals surface area contributed by atoms with E-state index in [-0.39, 0.29) is 17.8 Å². The highest BCUT2D eigenvalue weighted by atomic mass is 16.5. The van der Waals surface area contributed by atoms with Crippen molar-refractivity contribution < 1.29 is 14.3 Å². The van der Waals surface area contributed by atoms with Crippen molar-refractivity contribution in [3.05, 3.63) is 35.8 Å². The summed E-state index contributed by atoms with van der Waals surface area (Å²) in [6.45, 7) is 3.08. The number of aromatic nitrogens is 2. The summed E-state index contributed by atoms with van der Waals surface area (Å²) in [5.41, 5.74) is 2.32. The van der Waals surface area contributed by atoms with E-state index in [1.807, 2.05) is 35.9 Å². The summed E-state index contributed by atoms with van der Waals surface area (Å²) in [5.74, 6) is -0.278. The Bertz CT molecular complexity index is 714. The summed E-state index contributed by atoms with van der Waals surface area (Å²) < 4.78 is 6.67. The minimum atomic E-state index is -0.179. The molecule has 0 bridgehead atoms. The number of carbonyl (C=O) groups excluding carboxylic acids is 2. The quantitative estimate of drug-likeness (QED) is 0.792. The van der Waals surface area contributed by atoms with Crippen LogP contribution in [0.15, 0.2) is 24.5 Å². The van der Waals surface area contributed by atoms with Gasteiger partial charge in [-0.25, -0.2) is 4.98 Å². The first-order chi connectivity index (χ1) is 10.6. The molecule has 6 heteroatoms. The Labute approximate surface area is 128 Å². The highest BCUT2D eigenvalue weighted by Crippen LogP contribution is 2.20. The minimum Gasteiger partial charge on any atom is -0.469 e. The maximum absolute atomic E-state index is 12.6. The van der Waals surface area contributed by atoms with Gasteiger partial charge in [-0.3, -0.25) is 9.59 Å². The second-order valence-electron chi connectivity index (χ2n) is 5.65. The molecule has 0 N–H and O–H groups in total. The van der Waals surface area contributed by atoms with Gasteiger partial charge in [-0.1, -0.05) is 0 Å². The number of carbonyl (C=O) groups is 2. The highest BCUT2D eigenvalue weighted by molar-refractivity contribution is 5.95. The van der Waals surface area contributed by atoms with Crippen LogP contribution in [0, 0.1) is 12.8 Å². The number of hydrogen-bond donors (Lipinski definition) is 0. The smallest absolute Gasteiger partial charge is 0.308 e. The number of imidazole rings is 1. The Balaban J connectivity index is 1.72. The molecule has 0 atom stereocenters. The van der Waals surface area contributed by atoms with Crippen LogP contribution in [-0.2, 0) is 9.53 Å². The number of likely N-dealkylation sites (tertiary alicyclic amines) is 1. The normalized spacial score (nSPS) is 16.0. The number of fused-ring (bicyclic) bond motifs is 1. The number of piperidine rings is 1. The Morgan fingerprint density at radius 2 is 2.05 bits per heavy atom. The van der Waals surface area contributed by atoms with E-state index in [2.05, 4.69) is 4.98 Å². The second-order valence-corrected chi connectivity index (χ2v) is 5.65. The average Bonchev–Trinajstić information content (AvgIpc) is 2.92. The van der Waals surface area contributed by atoms with Crippen molar-refractivity contribution in [1.29, 1.82) is 0 Å². The van der Waals surface area contributed by atoms with E-state index in [0.29, 0.717) is 31.5 Å². The van der Waals surface area contributed by atoms with Crippen LogP contribution in [0.3, 0.4) is 0 Å². The molecular weight excluding hydrogens is 282 g/mol. The zero-order valence-corrected chi connectivity index (χ0v) is 12.8. The molecule has 2 aromatic heterocycles. The standard InChI is InChI=1S/C16H19N3O3/c1-11-10-19-8-5-13(9-14(19)17-11)15(20)18-6-3-12(4-7-18)16(21)22-2/h5,8-10,12H,3-4,6-7H2,1-2H3. The number of nitrogens with zero attached hydrogens (tertiary/aromatic N) is 3. The summed E-state index contributed by atoms with van der Waals surface area (Å²) in [6.07, 6.45) is 5.08. The molecule has 1 amide bonds. The highest BCUT2D eigenvalue weighted by Gasteiger charge is 2.28. The molecule has 0 unspecified atom stereocenters. The first kappa shape index (κ1) is 14.6. The van der Waals surface area contributed by atoms with Crippen LogP contribution in [0.5, 0.6) is 0 Å². The van der Waals surface area contributed by atoms with Gasteiger partial charge in [0.1, 0.15) is 5.65 Å². The molecule has 1 aliphatic heterocycles. The molecule has 1 saturated heterocycles. The van der Waals surface area contributed by atoms with Gasteiger partial charge in [-0.15, -0.1) is 0 Å². The largest absolute Gasteiger partial charge is 0.469 e. The zero-order chi connectivity index (χ0) is 15.7. The molecule has 1 aliphatic rings. The number of ether oxygens (including phenoxy) is 1. The summed E-state index contributed by atoms with van der Waals surface area (Å²) in [5, 5.41) is 0. The van der Waals surface area contributed by atoms with Crippen LogP contribution in [0.2, 0.25) is 0 Å². The summed E-state index contributed by atoms with van der Waals surface area (Å²) >= 11 is 0. The van der Waals surface area contributed by atoms with Crippen LogP contribution in [-0.4, -0.2) is 46.4 Å².